The van der Waals surface area contributed by atoms with Crippen molar-refractivity contribution in [3.63, 3.8) is 0 Å². The molecule has 0 N–H and O–H groups in total. The summed E-state index contributed by atoms with van der Waals surface area (Å²) < 4.78 is 6.01. The Kier molecular flexibility index (Phi) is 3.28. The van der Waals surface area contributed by atoms with E-state index < -0.39 is 0 Å². The third kappa shape index (κ3) is 2.19. The minimum absolute atomic E-state index is 0.302. The van der Waals surface area contributed by atoms with Crippen molar-refractivity contribution in [3.8, 4) is 5.06 Å². The van der Waals surface area contributed by atoms with Crippen LogP contribution in [0.15, 0.2) is 5.38 Å². The van der Waals surface area contributed by atoms with E-state index in [4.69, 9.17) is 27.9 Å². The molecule has 0 aliphatic carbocycles. The van der Waals surface area contributed by atoms with Crippen molar-refractivity contribution in [3.05, 3.63) is 15.4 Å². The van der Waals surface area contributed by atoms with Gasteiger partial charge < -0.3 is 9.64 Å². The van der Waals surface area contributed by atoms with Crippen LogP contribution in [0, 0.1) is 0 Å². The zero-order valence-electron chi connectivity index (χ0n) is 9.66. The van der Waals surface area contributed by atoms with Crippen molar-refractivity contribution < 1.29 is 4.74 Å². The summed E-state index contributed by atoms with van der Waals surface area (Å²) in [6.45, 7) is 0. The van der Waals surface area contributed by atoms with Crippen molar-refractivity contribution in [2.24, 2.45) is 0 Å². The summed E-state index contributed by atoms with van der Waals surface area (Å²) in [7, 11) is 2.23. The molecule has 0 amide bonds. The van der Waals surface area contributed by atoms with E-state index in [2.05, 4.69) is 11.9 Å². The van der Waals surface area contributed by atoms with Gasteiger partial charge >= 0.3 is 0 Å². The lowest BCUT2D eigenvalue weighted by atomic mass is 10.0. The highest BCUT2D eigenvalue weighted by Gasteiger charge is 2.39. The Labute approximate surface area is 115 Å². The van der Waals surface area contributed by atoms with Crippen LogP contribution in [0.5, 0.6) is 5.06 Å². The molecular formula is C12H15Cl2NOS. The summed E-state index contributed by atoms with van der Waals surface area (Å²) in [5.74, 6) is 0. The highest BCUT2D eigenvalue weighted by atomic mass is 35.5. The van der Waals surface area contributed by atoms with E-state index in [1.54, 1.807) is 0 Å². The van der Waals surface area contributed by atoms with Gasteiger partial charge in [-0.25, -0.2) is 0 Å². The molecule has 3 rings (SSSR count). The van der Waals surface area contributed by atoms with E-state index >= 15 is 0 Å². The fraction of sp³-hybridized carbons (Fsp3) is 0.667. The number of rotatable bonds is 2. The fourth-order valence-electron chi connectivity index (χ4n) is 2.99. The lowest BCUT2D eigenvalue weighted by Crippen LogP contribution is -2.43. The number of ether oxygens (including phenoxy) is 1. The summed E-state index contributed by atoms with van der Waals surface area (Å²) in [6, 6.07) is 1.38. The average Bonchev–Trinajstić information content (AvgIpc) is 2.73. The quantitative estimate of drug-likeness (QED) is 0.815. The Morgan fingerprint density at radius 1 is 1.29 bits per heavy atom. The van der Waals surface area contributed by atoms with Crippen molar-refractivity contribution in [2.45, 2.75) is 43.9 Å². The predicted octanol–water partition coefficient (Wildman–Crippen LogP) is 4.06. The molecule has 2 atom stereocenters. The maximum absolute atomic E-state index is 6.09. The smallest absolute Gasteiger partial charge is 0.194 e. The first-order chi connectivity index (χ1) is 8.15. The summed E-state index contributed by atoms with van der Waals surface area (Å²) >= 11 is 13.5. The first-order valence-corrected chi connectivity index (χ1v) is 7.59. The minimum atomic E-state index is 0.302. The van der Waals surface area contributed by atoms with Crippen LogP contribution in [0.4, 0.5) is 0 Å². The van der Waals surface area contributed by atoms with Crippen LogP contribution in [0.3, 0.4) is 0 Å². The SMILES string of the molecule is CN1C2CCC1CC(Oc1scc(Cl)c1Cl)C2. The molecule has 2 aliphatic rings. The van der Waals surface area contributed by atoms with Gasteiger partial charge in [-0.15, -0.1) is 11.3 Å². The second-order valence-corrected chi connectivity index (χ2v) is 6.57. The van der Waals surface area contributed by atoms with Gasteiger partial charge in [-0.2, -0.15) is 0 Å². The van der Waals surface area contributed by atoms with Crippen LogP contribution < -0.4 is 4.74 Å². The Hall–Kier alpha value is 0.0400. The number of hydrogen-bond donors (Lipinski definition) is 0. The largest absolute Gasteiger partial charge is 0.479 e. The highest BCUT2D eigenvalue weighted by molar-refractivity contribution is 7.13. The van der Waals surface area contributed by atoms with Crippen LogP contribution in [-0.2, 0) is 0 Å². The monoisotopic (exact) mass is 291 g/mol. The second-order valence-electron chi connectivity index (χ2n) is 4.95. The summed E-state index contributed by atoms with van der Waals surface area (Å²) in [4.78, 5) is 2.50. The van der Waals surface area contributed by atoms with Crippen molar-refractivity contribution in [2.75, 3.05) is 7.05 Å². The van der Waals surface area contributed by atoms with Crippen molar-refractivity contribution in [1.29, 1.82) is 0 Å². The van der Waals surface area contributed by atoms with Gasteiger partial charge in [0.15, 0.2) is 5.06 Å². The summed E-state index contributed by atoms with van der Waals surface area (Å²) in [5.41, 5.74) is 0. The first kappa shape index (κ1) is 12.1. The van der Waals surface area contributed by atoms with Crippen LogP contribution in [-0.4, -0.2) is 30.1 Å². The number of nitrogens with zero attached hydrogens (tertiary/aromatic N) is 1. The van der Waals surface area contributed by atoms with Gasteiger partial charge in [0, 0.05) is 17.5 Å². The standard InChI is InChI=1S/C12H15Cl2NOS/c1-15-7-2-3-8(15)5-9(4-7)16-12-11(14)10(13)6-17-12/h6-9H,2-5H2,1H3. The molecule has 2 aliphatic heterocycles. The van der Waals surface area contributed by atoms with E-state index in [1.807, 2.05) is 5.38 Å². The second kappa shape index (κ2) is 4.61. The molecule has 2 saturated heterocycles. The summed E-state index contributed by atoms with van der Waals surface area (Å²) in [6.07, 6.45) is 5.13. The van der Waals surface area contributed by atoms with Gasteiger partial charge in [-0.3, -0.25) is 0 Å². The molecule has 2 nitrogen and oxygen atoms in total. The van der Waals surface area contributed by atoms with E-state index in [-0.39, 0.29) is 0 Å². The Morgan fingerprint density at radius 3 is 2.47 bits per heavy atom. The van der Waals surface area contributed by atoms with Gasteiger partial charge in [0.1, 0.15) is 11.1 Å². The molecule has 17 heavy (non-hydrogen) atoms. The first-order valence-electron chi connectivity index (χ1n) is 5.96. The van der Waals surface area contributed by atoms with Gasteiger partial charge in [0.2, 0.25) is 0 Å². The maximum atomic E-state index is 6.09. The van der Waals surface area contributed by atoms with Gasteiger partial charge in [0.05, 0.1) is 5.02 Å². The zero-order valence-corrected chi connectivity index (χ0v) is 12.0. The third-order valence-corrected chi connectivity index (χ3v) is 5.87. The van der Waals surface area contributed by atoms with E-state index in [1.165, 1.54) is 24.2 Å². The van der Waals surface area contributed by atoms with E-state index in [0.717, 1.165) is 17.9 Å². The van der Waals surface area contributed by atoms with Crippen LogP contribution in [0.1, 0.15) is 25.7 Å². The molecule has 0 radical (unpaired) electrons. The lowest BCUT2D eigenvalue weighted by molar-refractivity contribution is 0.0686. The maximum Gasteiger partial charge on any atom is 0.194 e. The molecule has 0 aromatic carbocycles. The van der Waals surface area contributed by atoms with Crippen molar-refractivity contribution in [1.82, 2.24) is 4.90 Å². The van der Waals surface area contributed by atoms with Crippen LogP contribution in [0.2, 0.25) is 10.0 Å². The van der Waals surface area contributed by atoms with Crippen LogP contribution in [0.25, 0.3) is 0 Å². The lowest BCUT2D eigenvalue weighted by Gasteiger charge is -2.36. The molecule has 2 fully saturated rings. The number of thiophene rings is 1. The average molecular weight is 292 g/mol. The molecule has 94 valence electrons. The Balaban J connectivity index is 1.69. The molecule has 1 aromatic heterocycles. The molecule has 0 spiro atoms. The molecule has 2 unspecified atom stereocenters. The molecule has 0 saturated carbocycles. The van der Waals surface area contributed by atoms with Gasteiger partial charge in [0.25, 0.3) is 0 Å². The zero-order chi connectivity index (χ0) is 12.0. The van der Waals surface area contributed by atoms with Crippen LogP contribution >= 0.6 is 34.5 Å². The third-order valence-electron chi connectivity index (χ3n) is 3.99. The summed E-state index contributed by atoms with van der Waals surface area (Å²) in [5, 5.41) is 3.79. The molecular weight excluding hydrogens is 277 g/mol. The fourth-order valence-corrected chi connectivity index (χ4v) is 4.30. The van der Waals surface area contributed by atoms with Gasteiger partial charge in [-0.05, 0) is 32.7 Å². The number of hydrogen-bond acceptors (Lipinski definition) is 3. The normalized spacial score (nSPS) is 33.0. The van der Waals surface area contributed by atoms with E-state index in [9.17, 15) is 0 Å². The molecule has 5 heteroatoms. The molecule has 3 heterocycles. The topological polar surface area (TPSA) is 12.5 Å². The Morgan fingerprint density at radius 2 is 1.94 bits per heavy atom. The molecule has 1 aromatic rings. The number of piperidine rings is 1. The van der Waals surface area contributed by atoms with Gasteiger partial charge in [-0.1, -0.05) is 23.2 Å². The Bertz CT molecular complexity index is 409. The number of fused-ring (bicyclic) bond motifs is 2. The predicted molar refractivity (Wildman–Crippen MR) is 72.6 cm³/mol. The van der Waals surface area contributed by atoms with Crippen molar-refractivity contribution >= 4 is 34.5 Å². The molecule has 2 bridgehead atoms. The number of halogens is 2. The minimum Gasteiger partial charge on any atom is -0.479 e. The van der Waals surface area contributed by atoms with E-state index in [0.29, 0.717) is 28.2 Å². The highest BCUT2D eigenvalue weighted by Crippen LogP contribution is 2.42.